The Morgan fingerprint density at radius 3 is 0.889 bits per heavy atom. The first-order valence-corrected chi connectivity index (χ1v) is 16.8. The molecule has 0 aromatic heterocycles. The molecule has 0 spiro atoms. The van der Waals surface area contributed by atoms with Gasteiger partial charge in [-0.05, 0) is 0 Å². The molecule has 0 aromatic carbocycles. The van der Waals surface area contributed by atoms with Crippen LogP contribution in [0.5, 0.6) is 0 Å². The van der Waals surface area contributed by atoms with Crippen LogP contribution in [0, 0.1) is 0 Å². The van der Waals surface area contributed by atoms with Crippen LogP contribution in [0.25, 0.3) is 0 Å². The first-order valence-electron chi connectivity index (χ1n) is 12.7. The fourth-order valence-electron chi connectivity index (χ4n) is 4.34. The van der Waals surface area contributed by atoms with Crippen molar-refractivity contribution in [2.24, 2.45) is 0 Å². The van der Waals surface area contributed by atoms with E-state index < -0.39 is 5.96 Å². The van der Waals surface area contributed by atoms with E-state index in [2.05, 4.69) is 27.4 Å². The molecule has 0 saturated carbocycles. The van der Waals surface area contributed by atoms with Crippen molar-refractivity contribution in [3.63, 3.8) is 0 Å². The zero-order chi connectivity index (χ0) is 20.3. The van der Waals surface area contributed by atoms with E-state index in [4.69, 9.17) is 11.2 Å². The minimum atomic E-state index is -1.97. The molecule has 0 bridgehead atoms. The molecule has 0 aliphatic heterocycles. The van der Waals surface area contributed by atoms with E-state index in [1.165, 1.54) is 134 Å². The summed E-state index contributed by atoms with van der Waals surface area (Å²) in [5.74, 6) is -1.97. The molecule has 0 N–H and O–H groups in total. The Labute approximate surface area is 178 Å². The van der Waals surface area contributed by atoms with E-state index in [9.17, 15) is 0 Å². The molecule has 0 rings (SSSR count). The number of hydrogen-bond donors (Lipinski definition) is 0. The van der Waals surface area contributed by atoms with Gasteiger partial charge in [0.2, 0.25) is 0 Å². The van der Waals surface area contributed by atoms with Gasteiger partial charge in [-0.1, -0.05) is 0 Å². The zero-order valence-electron chi connectivity index (χ0n) is 19.7. The predicted octanol–water partition coefficient (Wildman–Crippen LogP) is 10.4. The molecular weight excluding hydrogens is 367 g/mol. The van der Waals surface area contributed by atoms with Crippen LogP contribution in [-0.2, 0) is 0 Å². The van der Waals surface area contributed by atoms with Crippen molar-refractivity contribution in [2.45, 2.75) is 136 Å². The molecule has 0 nitrogen and oxygen atoms in total. The third-order valence-electron chi connectivity index (χ3n) is 6.41. The molecule has 27 heavy (non-hydrogen) atoms. The summed E-state index contributed by atoms with van der Waals surface area (Å²) in [5, 5.41) is 0. The maximum atomic E-state index is 7.55. The number of rotatable bonds is 21. The molecule has 0 aromatic rings. The van der Waals surface area contributed by atoms with Crippen LogP contribution >= 0.6 is 17.2 Å². The van der Waals surface area contributed by atoms with Crippen LogP contribution in [-0.4, -0.2) is 25.2 Å². The Morgan fingerprint density at radius 2 is 0.630 bits per heavy atom. The molecule has 0 unspecified atom stereocenters. The average molecular weight is 421 g/mol. The molecule has 0 fully saturated rings. The van der Waals surface area contributed by atoms with Gasteiger partial charge >= 0.3 is 179 Å². The summed E-state index contributed by atoms with van der Waals surface area (Å²) in [7, 11) is 0. The van der Waals surface area contributed by atoms with Gasteiger partial charge in [-0.25, -0.2) is 0 Å². The van der Waals surface area contributed by atoms with Crippen LogP contribution in [0.2, 0.25) is 0 Å². The summed E-state index contributed by atoms with van der Waals surface area (Å²) >= 11 is 7.55. The summed E-state index contributed by atoms with van der Waals surface area (Å²) < 4.78 is 0. The van der Waals surface area contributed by atoms with Gasteiger partial charge in [0.05, 0.1) is 0 Å². The first-order chi connectivity index (χ1) is 13.0. The third-order valence-corrected chi connectivity index (χ3v) is 12.6. The van der Waals surface area contributed by atoms with E-state index in [0.717, 1.165) is 0 Å². The Kier molecular flexibility index (Phi) is 18.0. The second-order valence-electron chi connectivity index (χ2n) is 9.62. The topological polar surface area (TPSA) is 0 Å². The van der Waals surface area contributed by atoms with Gasteiger partial charge in [0.15, 0.2) is 0 Å². The summed E-state index contributed by atoms with van der Waals surface area (Å²) in [6.07, 6.45) is 29.2. The molecule has 166 valence electrons. The number of halogens is 1. The molecular formula is C25H54ClP. The van der Waals surface area contributed by atoms with Gasteiger partial charge in [0.1, 0.15) is 0 Å². The van der Waals surface area contributed by atoms with E-state index in [-0.39, 0.29) is 0 Å². The second-order valence-corrected chi connectivity index (χ2v) is 18.4. The van der Waals surface area contributed by atoms with E-state index >= 15 is 0 Å². The minimum absolute atomic E-state index is 1.35. The molecule has 0 amide bonds. The molecule has 0 heterocycles. The van der Waals surface area contributed by atoms with Crippen molar-refractivity contribution in [2.75, 3.05) is 25.2 Å². The summed E-state index contributed by atoms with van der Waals surface area (Å²) in [6.45, 7) is 9.45. The van der Waals surface area contributed by atoms with Crippen molar-refractivity contribution in [3.8, 4) is 0 Å². The number of unbranched alkanes of at least 4 members (excludes halogenated alkanes) is 15. The van der Waals surface area contributed by atoms with E-state index in [0.29, 0.717) is 0 Å². The molecule has 0 saturated heterocycles. The zero-order valence-corrected chi connectivity index (χ0v) is 21.3. The Bertz CT molecular complexity index is 266. The van der Waals surface area contributed by atoms with Crippen LogP contribution < -0.4 is 0 Å². The van der Waals surface area contributed by atoms with Gasteiger partial charge in [0.25, 0.3) is 0 Å². The molecule has 0 atom stereocenters. The second kappa shape index (κ2) is 17.6. The van der Waals surface area contributed by atoms with Crippen molar-refractivity contribution >= 4 is 17.2 Å². The Morgan fingerprint density at radius 1 is 0.407 bits per heavy atom. The molecule has 2 heteroatoms. The van der Waals surface area contributed by atoms with Gasteiger partial charge < -0.3 is 0 Å². The first kappa shape index (κ1) is 27.7. The summed E-state index contributed by atoms with van der Waals surface area (Å²) in [6, 6.07) is 0. The van der Waals surface area contributed by atoms with E-state index in [1.54, 1.807) is 0 Å². The van der Waals surface area contributed by atoms with Crippen molar-refractivity contribution < 1.29 is 0 Å². The monoisotopic (exact) mass is 420 g/mol. The van der Waals surface area contributed by atoms with Crippen molar-refractivity contribution in [1.29, 1.82) is 0 Å². The summed E-state index contributed by atoms with van der Waals surface area (Å²) in [5.41, 5.74) is 0. The van der Waals surface area contributed by atoms with Gasteiger partial charge in [0, 0.05) is 0 Å². The van der Waals surface area contributed by atoms with Crippen molar-refractivity contribution in [3.05, 3.63) is 0 Å². The predicted molar refractivity (Wildman–Crippen MR) is 133 cm³/mol. The maximum absolute atomic E-state index is 7.55. The molecule has 0 aliphatic carbocycles. The van der Waals surface area contributed by atoms with Gasteiger partial charge in [-0.15, -0.1) is 0 Å². The number of hydrogen-bond acceptors (Lipinski definition) is 0. The summed E-state index contributed by atoms with van der Waals surface area (Å²) in [4.78, 5) is 0. The standard InChI is InChI=1S/C25H54ClP/c1-5-8-11-14-17-20-23-27(4,26,24-21-18-15-12-9-6-2)25-22-19-16-13-10-7-3/h5-25H2,1-4H3. The van der Waals surface area contributed by atoms with Crippen LogP contribution in [0.4, 0.5) is 0 Å². The normalized spacial score (nSPS) is 13.6. The SMILES string of the molecule is CCCCCCCCP(C)(Cl)(CCCCCCCC)CCCCCCCC. The van der Waals surface area contributed by atoms with E-state index in [1.807, 2.05) is 0 Å². The fourth-order valence-corrected chi connectivity index (χ4v) is 9.40. The van der Waals surface area contributed by atoms with Crippen LogP contribution in [0.15, 0.2) is 0 Å². The quantitative estimate of drug-likeness (QED) is 0.128. The fraction of sp³-hybridized carbons (Fsp3) is 1.00. The van der Waals surface area contributed by atoms with Crippen LogP contribution in [0.3, 0.4) is 0 Å². The molecule has 0 radical (unpaired) electrons. The Hall–Kier alpha value is 0.720. The van der Waals surface area contributed by atoms with Crippen LogP contribution in [0.1, 0.15) is 136 Å². The van der Waals surface area contributed by atoms with Gasteiger partial charge in [-0.2, -0.15) is 0 Å². The van der Waals surface area contributed by atoms with Gasteiger partial charge in [-0.3, -0.25) is 0 Å². The molecule has 0 aliphatic rings. The Balaban J connectivity index is 4.29. The average Bonchev–Trinajstić information content (AvgIpc) is 2.64. The third kappa shape index (κ3) is 17.3. The van der Waals surface area contributed by atoms with Crippen molar-refractivity contribution in [1.82, 2.24) is 0 Å².